The van der Waals surface area contributed by atoms with Crippen LogP contribution < -0.4 is 18.9 Å². The van der Waals surface area contributed by atoms with Crippen molar-refractivity contribution in [1.29, 1.82) is 5.26 Å². The summed E-state index contributed by atoms with van der Waals surface area (Å²) in [5, 5.41) is 19.0. The van der Waals surface area contributed by atoms with Crippen molar-refractivity contribution in [3.8, 4) is 40.2 Å². The molecule has 1 aromatic heterocycles. The molecule has 1 N–H and O–H groups in total. The van der Waals surface area contributed by atoms with E-state index in [0.29, 0.717) is 65.5 Å². The molecule has 0 spiro atoms. The van der Waals surface area contributed by atoms with Gasteiger partial charge in [-0.3, -0.25) is 9.69 Å². The van der Waals surface area contributed by atoms with Crippen LogP contribution in [0.5, 0.6) is 23.0 Å². The van der Waals surface area contributed by atoms with Gasteiger partial charge in [0.15, 0.2) is 11.5 Å². The lowest BCUT2D eigenvalue weighted by atomic mass is 9.95. The first-order valence-electron chi connectivity index (χ1n) is 15.5. The van der Waals surface area contributed by atoms with Crippen LogP contribution >= 0.6 is 11.6 Å². The maximum atomic E-state index is 16.1. The molecule has 6 rings (SSSR count). The number of piperidine rings is 1. The molecule has 0 unspecified atom stereocenters. The highest BCUT2D eigenvalue weighted by molar-refractivity contribution is 6.32. The number of hydrogen-bond acceptors (Lipinski definition) is 8. The Balaban J connectivity index is 1.31. The van der Waals surface area contributed by atoms with E-state index < -0.39 is 18.1 Å². The molecule has 4 aromatic rings. The summed E-state index contributed by atoms with van der Waals surface area (Å²) in [6.07, 6.45) is -0.227. The number of carboxylic acid groups (broad SMARTS) is 1. The SMILES string of the molecule is Cc1c(-c2ccc3c(c2)OCCO3)cccc1C(F)(F)Oc1cc(OCc2ccnc(C#N)c2)c(CN2CCCC[C@H]2C(=O)O)cc1Cl. The molecule has 2 aliphatic rings. The standard InChI is InChI=1S/C36H32ClF2N3O6/c1-22-27(24-8-9-31-34(17-24)46-14-13-45-31)5-4-6-28(22)36(38,39)48-33-18-32(47-21-23-10-11-41-26(15-23)19-40)25(16-29(33)37)20-42-12-3-2-7-30(42)35(43)44/h4-6,8-11,15-18,30H,2-3,7,12-14,20-21H2,1H3,(H,43,44)/t30-/m0/s1. The van der Waals surface area contributed by atoms with Crippen molar-refractivity contribution in [2.75, 3.05) is 19.8 Å². The largest absolute Gasteiger partial charge is 0.488 e. The van der Waals surface area contributed by atoms with Gasteiger partial charge in [-0.25, -0.2) is 4.98 Å². The van der Waals surface area contributed by atoms with Crippen LogP contribution in [0, 0.1) is 18.3 Å². The molecule has 0 radical (unpaired) electrons. The van der Waals surface area contributed by atoms with Crippen LogP contribution in [0.2, 0.25) is 5.02 Å². The molecule has 0 saturated carbocycles. The number of aliphatic carboxylic acids is 1. The van der Waals surface area contributed by atoms with E-state index in [1.54, 1.807) is 43.3 Å². The summed E-state index contributed by atoms with van der Waals surface area (Å²) in [7, 11) is 0. The fraction of sp³-hybridized carbons (Fsp3) is 0.306. The van der Waals surface area contributed by atoms with Crippen molar-refractivity contribution >= 4 is 17.6 Å². The molecule has 0 bridgehead atoms. The van der Waals surface area contributed by atoms with Gasteiger partial charge in [0.1, 0.15) is 49.1 Å². The van der Waals surface area contributed by atoms with Crippen molar-refractivity contribution in [2.45, 2.75) is 51.5 Å². The van der Waals surface area contributed by atoms with Crippen LogP contribution in [0.25, 0.3) is 11.1 Å². The van der Waals surface area contributed by atoms with Crippen molar-refractivity contribution in [1.82, 2.24) is 9.88 Å². The fourth-order valence-electron chi connectivity index (χ4n) is 6.04. The van der Waals surface area contributed by atoms with Crippen molar-refractivity contribution in [3.05, 3.63) is 99.8 Å². The number of pyridine rings is 1. The molecule has 9 nitrogen and oxygen atoms in total. The molecule has 248 valence electrons. The minimum atomic E-state index is -3.80. The highest BCUT2D eigenvalue weighted by Gasteiger charge is 2.38. The number of carboxylic acids is 1. The fourth-order valence-corrected chi connectivity index (χ4v) is 6.27. The first kappa shape index (κ1) is 33.0. The third-order valence-electron chi connectivity index (χ3n) is 8.46. The van der Waals surface area contributed by atoms with Gasteiger partial charge in [0.05, 0.1) is 10.6 Å². The highest BCUT2D eigenvalue weighted by Crippen LogP contribution is 2.43. The smallest absolute Gasteiger partial charge is 0.427 e. The molecule has 1 fully saturated rings. The van der Waals surface area contributed by atoms with Crippen LogP contribution in [-0.2, 0) is 24.1 Å². The van der Waals surface area contributed by atoms with E-state index in [-0.39, 0.29) is 40.9 Å². The molecule has 2 aliphatic heterocycles. The molecule has 12 heteroatoms. The van der Waals surface area contributed by atoms with E-state index in [0.717, 1.165) is 12.8 Å². The van der Waals surface area contributed by atoms with Gasteiger partial charge in [-0.1, -0.05) is 36.2 Å². The van der Waals surface area contributed by atoms with Gasteiger partial charge in [-0.05, 0) is 85.0 Å². The first-order valence-corrected chi connectivity index (χ1v) is 15.8. The van der Waals surface area contributed by atoms with Crippen LogP contribution in [0.3, 0.4) is 0 Å². The Hall–Kier alpha value is -4.92. The Morgan fingerprint density at radius 1 is 1.10 bits per heavy atom. The summed E-state index contributed by atoms with van der Waals surface area (Å²) in [6, 6.07) is 17.2. The number of aromatic nitrogens is 1. The van der Waals surface area contributed by atoms with E-state index in [4.69, 9.17) is 30.5 Å². The number of ether oxygens (including phenoxy) is 4. The van der Waals surface area contributed by atoms with E-state index in [2.05, 4.69) is 4.98 Å². The average molecular weight is 676 g/mol. The number of likely N-dealkylation sites (tertiary alicyclic amines) is 1. The van der Waals surface area contributed by atoms with Crippen LogP contribution in [0.1, 0.15) is 47.2 Å². The Morgan fingerprint density at radius 3 is 2.71 bits per heavy atom. The number of fused-ring (bicyclic) bond motifs is 1. The Kier molecular flexibility index (Phi) is 9.66. The molecule has 1 saturated heterocycles. The quantitative estimate of drug-likeness (QED) is 0.183. The van der Waals surface area contributed by atoms with Crippen LogP contribution in [-0.4, -0.2) is 46.8 Å². The second kappa shape index (κ2) is 14.1. The van der Waals surface area contributed by atoms with Gasteiger partial charge in [-0.2, -0.15) is 14.0 Å². The third-order valence-corrected chi connectivity index (χ3v) is 8.75. The van der Waals surface area contributed by atoms with Crippen LogP contribution in [0.15, 0.2) is 66.9 Å². The van der Waals surface area contributed by atoms with E-state index in [1.165, 1.54) is 30.5 Å². The summed E-state index contributed by atoms with van der Waals surface area (Å²) >= 11 is 6.58. The number of rotatable bonds is 10. The van der Waals surface area contributed by atoms with Gasteiger partial charge in [0, 0.05) is 24.4 Å². The summed E-state index contributed by atoms with van der Waals surface area (Å²) in [6.45, 7) is 3.13. The Bertz CT molecular complexity index is 1880. The maximum Gasteiger partial charge on any atom is 0.427 e. The number of hydrogen-bond donors (Lipinski definition) is 1. The van der Waals surface area contributed by atoms with Gasteiger partial charge in [0.2, 0.25) is 0 Å². The predicted octanol–water partition coefficient (Wildman–Crippen LogP) is 7.50. The number of benzene rings is 3. The van der Waals surface area contributed by atoms with Crippen LogP contribution in [0.4, 0.5) is 8.78 Å². The normalized spacial score (nSPS) is 16.2. The number of alkyl halides is 2. The molecular formula is C36H32ClF2N3O6. The Labute approximate surface area is 281 Å². The van der Waals surface area contributed by atoms with E-state index >= 15 is 8.78 Å². The Morgan fingerprint density at radius 2 is 1.92 bits per heavy atom. The lowest BCUT2D eigenvalue weighted by Gasteiger charge is -2.33. The topological polar surface area (TPSA) is 114 Å². The lowest BCUT2D eigenvalue weighted by Crippen LogP contribution is -2.44. The second-order valence-corrected chi connectivity index (χ2v) is 12.0. The average Bonchev–Trinajstić information content (AvgIpc) is 3.08. The zero-order chi connectivity index (χ0) is 33.8. The highest BCUT2D eigenvalue weighted by atomic mass is 35.5. The summed E-state index contributed by atoms with van der Waals surface area (Å²) in [4.78, 5) is 17.8. The van der Waals surface area contributed by atoms with Crippen molar-refractivity contribution in [3.63, 3.8) is 0 Å². The van der Waals surface area contributed by atoms with Crippen molar-refractivity contribution < 1.29 is 37.6 Å². The molecule has 0 aliphatic carbocycles. The van der Waals surface area contributed by atoms with E-state index in [1.807, 2.05) is 11.0 Å². The van der Waals surface area contributed by atoms with Gasteiger partial charge < -0.3 is 24.1 Å². The predicted molar refractivity (Wildman–Crippen MR) is 173 cm³/mol. The summed E-state index contributed by atoms with van der Waals surface area (Å²) in [5.41, 5.74) is 2.54. The molecule has 48 heavy (non-hydrogen) atoms. The zero-order valence-corrected chi connectivity index (χ0v) is 26.8. The number of nitrogens with zero attached hydrogens (tertiary/aromatic N) is 3. The monoisotopic (exact) mass is 675 g/mol. The minimum absolute atomic E-state index is 0.0132. The van der Waals surface area contributed by atoms with Gasteiger partial charge in [-0.15, -0.1) is 0 Å². The molecule has 0 amide bonds. The van der Waals surface area contributed by atoms with E-state index in [9.17, 15) is 15.2 Å². The summed E-state index contributed by atoms with van der Waals surface area (Å²) < 4.78 is 54.9. The second-order valence-electron chi connectivity index (χ2n) is 11.6. The lowest BCUT2D eigenvalue weighted by molar-refractivity contribution is -0.185. The third kappa shape index (κ3) is 7.15. The first-order chi connectivity index (χ1) is 23.1. The van der Waals surface area contributed by atoms with Gasteiger partial charge in [0.25, 0.3) is 0 Å². The van der Waals surface area contributed by atoms with Gasteiger partial charge >= 0.3 is 12.1 Å². The zero-order valence-electron chi connectivity index (χ0n) is 26.0. The minimum Gasteiger partial charge on any atom is -0.488 e. The summed E-state index contributed by atoms with van der Waals surface area (Å²) in [5.74, 6) is 0.0810. The molecule has 1 atom stereocenters. The molecule has 3 aromatic carbocycles. The van der Waals surface area contributed by atoms with Crippen molar-refractivity contribution in [2.24, 2.45) is 0 Å². The molecule has 3 heterocycles. The molecular weight excluding hydrogens is 644 g/mol. The number of carbonyl (C=O) groups is 1. The number of nitriles is 1. The maximum absolute atomic E-state index is 16.1. The number of halogens is 3.